The lowest BCUT2D eigenvalue weighted by atomic mass is 10.2. The second-order valence-corrected chi connectivity index (χ2v) is 8.10. The number of amides is 1. The molecule has 1 aliphatic carbocycles. The van der Waals surface area contributed by atoms with Gasteiger partial charge in [-0.25, -0.2) is 0 Å². The number of anilines is 1. The SMILES string of the molecule is COc1ccc(NCc2nnc(S[C@H](C)C(=O)NC3CCCC3)n2C)cc1. The molecule has 1 saturated carbocycles. The topological polar surface area (TPSA) is 81.1 Å². The second-order valence-electron chi connectivity index (χ2n) is 6.79. The Morgan fingerprint density at radius 2 is 2.00 bits per heavy atom. The van der Waals surface area contributed by atoms with E-state index in [0.29, 0.717) is 12.6 Å². The molecular formula is C19H27N5O2S. The molecule has 1 amide bonds. The van der Waals surface area contributed by atoms with Crippen molar-refractivity contribution in [2.24, 2.45) is 7.05 Å². The second kappa shape index (κ2) is 9.12. The van der Waals surface area contributed by atoms with Gasteiger partial charge in [0.2, 0.25) is 5.91 Å². The first-order chi connectivity index (χ1) is 13.1. The van der Waals surface area contributed by atoms with Crippen molar-refractivity contribution in [2.45, 2.75) is 55.6 Å². The van der Waals surface area contributed by atoms with Crippen LogP contribution in [0.25, 0.3) is 0 Å². The number of aromatic nitrogens is 3. The molecule has 0 saturated heterocycles. The number of methoxy groups -OCH3 is 1. The summed E-state index contributed by atoms with van der Waals surface area (Å²) in [4.78, 5) is 12.4. The molecule has 0 aliphatic heterocycles. The van der Waals surface area contributed by atoms with Gasteiger partial charge >= 0.3 is 0 Å². The number of hydrogen-bond acceptors (Lipinski definition) is 6. The predicted molar refractivity (Wildman–Crippen MR) is 107 cm³/mol. The molecule has 1 atom stereocenters. The molecule has 1 aromatic carbocycles. The molecule has 2 aromatic rings. The monoisotopic (exact) mass is 389 g/mol. The fourth-order valence-corrected chi connectivity index (χ4v) is 3.93. The molecule has 7 nitrogen and oxygen atoms in total. The standard InChI is InChI=1S/C19H27N5O2S/c1-13(18(25)21-15-6-4-5-7-15)27-19-23-22-17(24(19)2)12-20-14-8-10-16(26-3)11-9-14/h8-11,13,15,20H,4-7,12H2,1-3H3,(H,21,25)/t13-/m1/s1. The molecule has 3 rings (SSSR count). The van der Waals surface area contributed by atoms with Gasteiger partial charge in [-0.15, -0.1) is 10.2 Å². The number of rotatable bonds is 8. The number of nitrogens with zero attached hydrogens (tertiary/aromatic N) is 3. The summed E-state index contributed by atoms with van der Waals surface area (Å²) in [5.74, 6) is 1.72. The highest BCUT2D eigenvalue weighted by Gasteiger charge is 2.23. The van der Waals surface area contributed by atoms with E-state index in [1.807, 2.05) is 42.8 Å². The van der Waals surface area contributed by atoms with Crippen LogP contribution >= 0.6 is 11.8 Å². The first kappa shape index (κ1) is 19.5. The Balaban J connectivity index is 1.53. The van der Waals surface area contributed by atoms with Crippen molar-refractivity contribution >= 4 is 23.4 Å². The molecule has 27 heavy (non-hydrogen) atoms. The number of ether oxygens (including phenoxy) is 1. The molecule has 1 fully saturated rings. The van der Waals surface area contributed by atoms with Crippen molar-refractivity contribution in [3.05, 3.63) is 30.1 Å². The number of carbonyl (C=O) groups excluding carboxylic acids is 1. The highest BCUT2D eigenvalue weighted by Crippen LogP contribution is 2.24. The van der Waals surface area contributed by atoms with Crippen LogP contribution in [0, 0.1) is 0 Å². The minimum Gasteiger partial charge on any atom is -0.497 e. The van der Waals surface area contributed by atoms with Crippen LogP contribution in [-0.2, 0) is 18.4 Å². The van der Waals surface area contributed by atoms with Crippen LogP contribution < -0.4 is 15.4 Å². The number of benzene rings is 1. The third-order valence-corrected chi connectivity index (χ3v) is 5.95. The first-order valence-electron chi connectivity index (χ1n) is 9.30. The van der Waals surface area contributed by atoms with Gasteiger partial charge in [0.05, 0.1) is 18.9 Å². The molecule has 8 heteroatoms. The zero-order valence-electron chi connectivity index (χ0n) is 16.1. The van der Waals surface area contributed by atoms with Crippen LogP contribution in [0.5, 0.6) is 5.75 Å². The van der Waals surface area contributed by atoms with Gasteiger partial charge in [-0.3, -0.25) is 4.79 Å². The molecule has 0 unspecified atom stereocenters. The fraction of sp³-hybridized carbons (Fsp3) is 0.526. The zero-order valence-corrected chi connectivity index (χ0v) is 16.9. The molecule has 0 radical (unpaired) electrons. The number of hydrogen-bond donors (Lipinski definition) is 2. The molecule has 1 aliphatic rings. The Morgan fingerprint density at radius 3 is 2.67 bits per heavy atom. The van der Waals surface area contributed by atoms with Gasteiger partial charge in [-0.05, 0) is 44.0 Å². The van der Waals surface area contributed by atoms with Crippen molar-refractivity contribution in [1.29, 1.82) is 0 Å². The molecule has 0 spiro atoms. The first-order valence-corrected chi connectivity index (χ1v) is 10.2. The normalized spacial score (nSPS) is 15.5. The maximum absolute atomic E-state index is 12.4. The average molecular weight is 390 g/mol. The Labute approximate surface area is 164 Å². The summed E-state index contributed by atoms with van der Waals surface area (Å²) in [6.07, 6.45) is 4.60. The van der Waals surface area contributed by atoms with E-state index in [9.17, 15) is 4.79 Å². The third-order valence-electron chi connectivity index (χ3n) is 4.82. The number of nitrogens with one attached hydrogen (secondary N) is 2. The lowest BCUT2D eigenvalue weighted by molar-refractivity contribution is -0.120. The van der Waals surface area contributed by atoms with Gasteiger partial charge in [0.25, 0.3) is 0 Å². The molecular weight excluding hydrogens is 362 g/mol. The van der Waals surface area contributed by atoms with Gasteiger partial charge in [0.15, 0.2) is 11.0 Å². The highest BCUT2D eigenvalue weighted by atomic mass is 32.2. The van der Waals surface area contributed by atoms with Crippen molar-refractivity contribution in [1.82, 2.24) is 20.1 Å². The summed E-state index contributed by atoms with van der Waals surface area (Å²) < 4.78 is 7.09. The van der Waals surface area contributed by atoms with Gasteiger partial charge in [-0.2, -0.15) is 0 Å². The van der Waals surface area contributed by atoms with E-state index in [2.05, 4.69) is 20.8 Å². The van der Waals surface area contributed by atoms with E-state index in [0.717, 1.165) is 35.3 Å². The van der Waals surface area contributed by atoms with Gasteiger partial charge in [0, 0.05) is 18.8 Å². The van der Waals surface area contributed by atoms with Crippen LogP contribution in [0.2, 0.25) is 0 Å². The summed E-state index contributed by atoms with van der Waals surface area (Å²) >= 11 is 1.44. The van der Waals surface area contributed by atoms with Gasteiger partial charge < -0.3 is 19.9 Å². The highest BCUT2D eigenvalue weighted by molar-refractivity contribution is 8.00. The Morgan fingerprint density at radius 1 is 1.30 bits per heavy atom. The van der Waals surface area contributed by atoms with Gasteiger partial charge in [0.1, 0.15) is 5.75 Å². The minimum absolute atomic E-state index is 0.0767. The van der Waals surface area contributed by atoms with Crippen LogP contribution in [-0.4, -0.2) is 39.1 Å². The van der Waals surface area contributed by atoms with Crippen molar-refractivity contribution in [3.63, 3.8) is 0 Å². The summed E-state index contributed by atoms with van der Waals surface area (Å²) in [5, 5.41) is 15.5. The molecule has 2 N–H and O–H groups in total. The fourth-order valence-electron chi connectivity index (χ4n) is 3.09. The Hall–Kier alpha value is -2.22. The summed E-state index contributed by atoms with van der Waals surface area (Å²) in [7, 11) is 3.57. The Bertz CT molecular complexity index is 756. The lowest BCUT2D eigenvalue weighted by Crippen LogP contribution is -2.37. The molecule has 146 valence electrons. The molecule has 1 heterocycles. The van der Waals surface area contributed by atoms with Crippen molar-refractivity contribution < 1.29 is 9.53 Å². The summed E-state index contributed by atoms with van der Waals surface area (Å²) in [5.41, 5.74) is 0.984. The molecule has 0 bridgehead atoms. The average Bonchev–Trinajstić information content (AvgIpc) is 3.31. The van der Waals surface area contributed by atoms with E-state index < -0.39 is 0 Å². The predicted octanol–water partition coefficient (Wildman–Crippen LogP) is 2.98. The largest absolute Gasteiger partial charge is 0.497 e. The molecule has 1 aromatic heterocycles. The van der Waals surface area contributed by atoms with E-state index in [-0.39, 0.29) is 11.2 Å². The maximum atomic E-state index is 12.4. The number of carbonyl (C=O) groups is 1. The van der Waals surface area contributed by atoms with Crippen LogP contribution in [0.4, 0.5) is 5.69 Å². The Kier molecular flexibility index (Phi) is 6.60. The van der Waals surface area contributed by atoms with E-state index in [4.69, 9.17) is 4.74 Å². The van der Waals surface area contributed by atoms with Crippen molar-refractivity contribution in [2.75, 3.05) is 12.4 Å². The zero-order chi connectivity index (χ0) is 19.2. The van der Waals surface area contributed by atoms with Crippen LogP contribution in [0.15, 0.2) is 29.4 Å². The minimum atomic E-state index is -0.198. The van der Waals surface area contributed by atoms with E-state index in [1.54, 1.807) is 7.11 Å². The summed E-state index contributed by atoms with van der Waals surface area (Å²) in [6, 6.07) is 8.07. The third kappa shape index (κ3) is 5.15. The van der Waals surface area contributed by atoms with Crippen LogP contribution in [0.1, 0.15) is 38.4 Å². The smallest absolute Gasteiger partial charge is 0.233 e. The number of thioether (sulfide) groups is 1. The summed E-state index contributed by atoms with van der Waals surface area (Å²) in [6.45, 7) is 2.47. The quantitative estimate of drug-likeness (QED) is 0.676. The maximum Gasteiger partial charge on any atom is 0.233 e. The van der Waals surface area contributed by atoms with Crippen LogP contribution in [0.3, 0.4) is 0 Å². The van der Waals surface area contributed by atoms with Crippen molar-refractivity contribution in [3.8, 4) is 5.75 Å². The van der Waals surface area contributed by atoms with E-state index in [1.165, 1.54) is 24.6 Å². The van der Waals surface area contributed by atoms with E-state index >= 15 is 0 Å². The lowest BCUT2D eigenvalue weighted by Gasteiger charge is -2.16. The van der Waals surface area contributed by atoms with Gasteiger partial charge in [-0.1, -0.05) is 24.6 Å².